The van der Waals surface area contributed by atoms with Crippen molar-refractivity contribution in [2.45, 2.75) is 43.0 Å². The molecule has 0 bridgehead atoms. The number of hydrogen-bond donors (Lipinski definition) is 1. The van der Waals surface area contributed by atoms with Crippen LogP contribution in [0.15, 0.2) is 18.2 Å². The Morgan fingerprint density at radius 1 is 1.22 bits per heavy atom. The topological polar surface area (TPSA) is 49.4 Å². The third kappa shape index (κ3) is 3.66. The van der Waals surface area contributed by atoms with Gasteiger partial charge in [-0.1, -0.05) is 6.42 Å². The zero-order chi connectivity index (χ0) is 16.6. The summed E-state index contributed by atoms with van der Waals surface area (Å²) in [5.41, 5.74) is 0.404. The molecule has 7 heteroatoms. The van der Waals surface area contributed by atoms with Crippen LogP contribution in [0.3, 0.4) is 0 Å². The second kappa shape index (κ2) is 6.36. The highest BCUT2D eigenvalue weighted by Gasteiger charge is 2.37. The maximum Gasteiger partial charge on any atom is 0.151 e. The summed E-state index contributed by atoms with van der Waals surface area (Å²) in [4.78, 5) is 1.89. The lowest BCUT2D eigenvalue weighted by Gasteiger charge is -2.24. The molecule has 1 heterocycles. The van der Waals surface area contributed by atoms with Crippen LogP contribution in [0.2, 0.25) is 0 Å². The van der Waals surface area contributed by atoms with Crippen LogP contribution in [-0.2, 0) is 9.84 Å². The van der Waals surface area contributed by atoms with Crippen LogP contribution in [0, 0.1) is 11.6 Å². The summed E-state index contributed by atoms with van der Waals surface area (Å²) < 4.78 is 50.6. The van der Waals surface area contributed by atoms with Gasteiger partial charge in [0, 0.05) is 37.5 Å². The van der Waals surface area contributed by atoms with Gasteiger partial charge in [-0.3, -0.25) is 0 Å². The first-order chi connectivity index (χ1) is 10.8. The van der Waals surface area contributed by atoms with Gasteiger partial charge in [0.2, 0.25) is 0 Å². The first-order valence-electron chi connectivity index (χ1n) is 7.99. The fraction of sp³-hybridized carbons (Fsp3) is 0.625. The van der Waals surface area contributed by atoms with E-state index in [-0.39, 0.29) is 17.3 Å². The van der Waals surface area contributed by atoms with E-state index in [1.165, 1.54) is 18.4 Å². The number of nitrogens with one attached hydrogen (secondary N) is 1. The number of halogens is 2. The molecule has 4 nitrogen and oxygen atoms in total. The molecule has 1 saturated carbocycles. The first-order valence-corrected chi connectivity index (χ1v) is 9.95. The zero-order valence-corrected chi connectivity index (χ0v) is 14.0. The fourth-order valence-corrected chi connectivity index (χ4v) is 5.19. The largest absolute Gasteiger partial charge is 0.368 e. The van der Waals surface area contributed by atoms with Gasteiger partial charge in [0.05, 0.1) is 10.9 Å². The molecule has 3 rings (SSSR count). The minimum atomic E-state index is -3.05. The molecule has 23 heavy (non-hydrogen) atoms. The zero-order valence-electron chi connectivity index (χ0n) is 13.1. The summed E-state index contributed by atoms with van der Waals surface area (Å²) >= 11 is 0. The molecule has 0 spiro atoms. The van der Waals surface area contributed by atoms with Gasteiger partial charge in [-0.25, -0.2) is 17.2 Å². The molecule has 1 saturated heterocycles. The van der Waals surface area contributed by atoms with Gasteiger partial charge < -0.3 is 10.2 Å². The van der Waals surface area contributed by atoms with E-state index in [0.717, 1.165) is 25.3 Å². The van der Waals surface area contributed by atoms with Crippen molar-refractivity contribution in [2.75, 3.05) is 24.2 Å². The van der Waals surface area contributed by atoms with Crippen molar-refractivity contribution in [1.82, 2.24) is 5.32 Å². The third-order valence-electron chi connectivity index (χ3n) is 4.89. The average Bonchev–Trinajstić information content (AvgIpc) is 3.08. The molecule has 1 N–H and O–H groups in total. The lowest BCUT2D eigenvalue weighted by molar-refractivity contribution is 0.447. The predicted octanol–water partition coefficient (Wildman–Crippen LogP) is 2.10. The monoisotopic (exact) mass is 344 g/mol. The second-order valence-electron chi connectivity index (χ2n) is 6.60. The van der Waals surface area contributed by atoms with Gasteiger partial charge >= 0.3 is 0 Å². The Bertz CT molecular complexity index is 681. The van der Waals surface area contributed by atoms with Crippen LogP contribution in [0.4, 0.5) is 14.5 Å². The van der Waals surface area contributed by atoms with E-state index >= 15 is 0 Å². The van der Waals surface area contributed by atoms with Crippen LogP contribution >= 0.6 is 0 Å². The van der Waals surface area contributed by atoms with Gasteiger partial charge in [0.15, 0.2) is 9.84 Å². The van der Waals surface area contributed by atoms with E-state index in [0.29, 0.717) is 25.2 Å². The molecule has 0 amide bonds. The number of anilines is 1. The highest BCUT2D eigenvalue weighted by Crippen LogP contribution is 2.28. The maximum absolute atomic E-state index is 13.9. The Labute approximate surface area is 135 Å². The SMILES string of the molecule is CS(=O)(=O)C1CCCC1NC1CCN(c2ccc(F)cc2F)C1. The molecule has 1 aromatic rings. The summed E-state index contributed by atoms with van der Waals surface area (Å²) in [7, 11) is -3.05. The highest BCUT2D eigenvalue weighted by atomic mass is 32.2. The molecule has 2 aliphatic rings. The minimum absolute atomic E-state index is 0.0204. The summed E-state index contributed by atoms with van der Waals surface area (Å²) in [6.07, 6.45) is 4.60. The number of hydrogen-bond acceptors (Lipinski definition) is 4. The molecule has 3 atom stereocenters. The molecule has 0 radical (unpaired) electrons. The number of rotatable bonds is 4. The summed E-state index contributed by atoms with van der Waals surface area (Å²) in [6, 6.07) is 3.73. The summed E-state index contributed by atoms with van der Waals surface area (Å²) in [5, 5.41) is 3.13. The Balaban J connectivity index is 1.64. The van der Waals surface area contributed by atoms with E-state index in [1.54, 1.807) is 0 Å². The van der Waals surface area contributed by atoms with Gasteiger partial charge in [0.1, 0.15) is 11.6 Å². The Morgan fingerprint density at radius 3 is 2.70 bits per heavy atom. The van der Waals surface area contributed by atoms with Crippen LogP contribution in [0.25, 0.3) is 0 Å². The molecule has 1 aromatic carbocycles. The molecule has 0 aromatic heterocycles. The van der Waals surface area contributed by atoms with Crippen molar-refractivity contribution >= 4 is 15.5 Å². The quantitative estimate of drug-likeness (QED) is 0.909. The van der Waals surface area contributed by atoms with Gasteiger partial charge in [-0.05, 0) is 31.4 Å². The first kappa shape index (κ1) is 16.6. The van der Waals surface area contributed by atoms with Crippen LogP contribution in [0.1, 0.15) is 25.7 Å². The van der Waals surface area contributed by atoms with Crippen LogP contribution in [0.5, 0.6) is 0 Å². The third-order valence-corrected chi connectivity index (χ3v) is 6.56. The molecule has 1 aliphatic heterocycles. The molecule has 3 unspecified atom stereocenters. The average molecular weight is 344 g/mol. The molecule has 2 fully saturated rings. The van der Waals surface area contributed by atoms with Crippen molar-refractivity contribution in [3.63, 3.8) is 0 Å². The van der Waals surface area contributed by atoms with Crippen LogP contribution in [-0.4, -0.2) is 45.1 Å². The highest BCUT2D eigenvalue weighted by molar-refractivity contribution is 7.91. The lowest BCUT2D eigenvalue weighted by Crippen LogP contribution is -2.46. The minimum Gasteiger partial charge on any atom is -0.368 e. The van der Waals surface area contributed by atoms with E-state index in [4.69, 9.17) is 0 Å². The Hall–Kier alpha value is -1.21. The van der Waals surface area contributed by atoms with E-state index in [1.807, 2.05) is 4.90 Å². The van der Waals surface area contributed by atoms with E-state index < -0.39 is 21.5 Å². The van der Waals surface area contributed by atoms with E-state index in [9.17, 15) is 17.2 Å². The number of benzene rings is 1. The molecule has 1 aliphatic carbocycles. The van der Waals surface area contributed by atoms with Crippen LogP contribution < -0.4 is 10.2 Å². The van der Waals surface area contributed by atoms with Crippen molar-refractivity contribution in [3.05, 3.63) is 29.8 Å². The van der Waals surface area contributed by atoms with Gasteiger partial charge in [-0.15, -0.1) is 0 Å². The fourth-order valence-electron chi connectivity index (χ4n) is 3.78. The van der Waals surface area contributed by atoms with Crippen molar-refractivity contribution < 1.29 is 17.2 Å². The predicted molar refractivity (Wildman–Crippen MR) is 86.4 cm³/mol. The molecular formula is C16H22F2N2O2S. The van der Waals surface area contributed by atoms with Gasteiger partial charge in [0.25, 0.3) is 0 Å². The van der Waals surface area contributed by atoms with E-state index in [2.05, 4.69) is 5.32 Å². The Kier molecular flexibility index (Phi) is 4.60. The smallest absolute Gasteiger partial charge is 0.151 e. The summed E-state index contributed by atoms with van der Waals surface area (Å²) in [5.74, 6) is -1.14. The maximum atomic E-state index is 13.9. The number of nitrogens with zero attached hydrogens (tertiary/aromatic N) is 1. The lowest BCUT2D eigenvalue weighted by atomic mass is 10.2. The second-order valence-corrected chi connectivity index (χ2v) is 8.86. The Morgan fingerprint density at radius 2 is 2.00 bits per heavy atom. The summed E-state index contributed by atoms with van der Waals surface area (Å²) in [6.45, 7) is 1.28. The van der Waals surface area contributed by atoms with Crippen molar-refractivity contribution in [2.24, 2.45) is 0 Å². The standard InChI is InChI=1S/C16H22F2N2O2S/c1-23(21,22)16-4-2-3-14(16)19-12-7-8-20(10-12)15-6-5-11(17)9-13(15)18/h5-6,9,12,14,16,19H,2-4,7-8,10H2,1H3. The molecule has 128 valence electrons. The molecular weight excluding hydrogens is 322 g/mol. The van der Waals surface area contributed by atoms with Gasteiger partial charge in [-0.2, -0.15) is 0 Å². The van der Waals surface area contributed by atoms with Crippen molar-refractivity contribution in [1.29, 1.82) is 0 Å². The number of sulfone groups is 1. The normalized spacial score (nSPS) is 28.5. The van der Waals surface area contributed by atoms with Crippen molar-refractivity contribution in [3.8, 4) is 0 Å².